The zero-order valence-electron chi connectivity index (χ0n) is 9.79. The first-order valence-electron chi connectivity index (χ1n) is 5.60. The van der Waals surface area contributed by atoms with Crippen molar-refractivity contribution < 1.29 is 14.3 Å². The van der Waals surface area contributed by atoms with Crippen molar-refractivity contribution in [3.8, 4) is 11.5 Å². The lowest BCUT2D eigenvalue weighted by molar-refractivity contribution is -0.121. The van der Waals surface area contributed by atoms with Gasteiger partial charge >= 0.3 is 0 Å². The predicted octanol–water partition coefficient (Wildman–Crippen LogP) is 0.641. The monoisotopic (exact) mass is 236 g/mol. The lowest BCUT2D eigenvalue weighted by atomic mass is 10.2. The predicted molar refractivity (Wildman–Crippen MR) is 63.0 cm³/mol. The Morgan fingerprint density at radius 2 is 2.29 bits per heavy atom. The van der Waals surface area contributed by atoms with Crippen molar-refractivity contribution >= 4 is 5.91 Å². The van der Waals surface area contributed by atoms with E-state index in [1.165, 1.54) is 0 Å². The summed E-state index contributed by atoms with van der Waals surface area (Å²) < 4.78 is 10.6. The van der Waals surface area contributed by atoms with Crippen LogP contribution < -0.4 is 20.1 Å². The molecule has 1 aliphatic heterocycles. The molecule has 1 aliphatic rings. The molecule has 2 N–H and O–H groups in total. The average molecular weight is 236 g/mol. The van der Waals surface area contributed by atoms with Crippen LogP contribution in [0.2, 0.25) is 0 Å². The van der Waals surface area contributed by atoms with Crippen molar-refractivity contribution in [3.63, 3.8) is 0 Å². The fraction of sp³-hybridized carbons (Fsp3) is 0.417. The van der Waals surface area contributed by atoms with Crippen LogP contribution in [0.25, 0.3) is 0 Å². The highest BCUT2D eigenvalue weighted by Crippen LogP contribution is 2.35. The van der Waals surface area contributed by atoms with Gasteiger partial charge in [-0.3, -0.25) is 4.79 Å². The largest absolute Gasteiger partial charge is 0.454 e. The van der Waals surface area contributed by atoms with Crippen molar-refractivity contribution in [2.45, 2.75) is 13.0 Å². The number of nitrogens with one attached hydrogen (secondary N) is 2. The number of rotatable bonds is 5. The molecule has 2 rings (SSSR count). The van der Waals surface area contributed by atoms with E-state index in [0.29, 0.717) is 19.5 Å². The SMILES string of the molecule is CNCCC(=O)NCc1cccc2c1OCO2. The summed E-state index contributed by atoms with van der Waals surface area (Å²) in [6.07, 6.45) is 0.475. The number of hydrogen-bond donors (Lipinski definition) is 2. The summed E-state index contributed by atoms with van der Waals surface area (Å²) in [4.78, 5) is 11.5. The molecular weight excluding hydrogens is 220 g/mol. The summed E-state index contributed by atoms with van der Waals surface area (Å²) in [5.41, 5.74) is 0.942. The second-order valence-electron chi connectivity index (χ2n) is 3.78. The third-order valence-electron chi connectivity index (χ3n) is 2.56. The van der Waals surface area contributed by atoms with Gasteiger partial charge in [0.05, 0.1) is 0 Å². The van der Waals surface area contributed by atoms with Crippen molar-refractivity contribution in [2.75, 3.05) is 20.4 Å². The molecule has 17 heavy (non-hydrogen) atoms. The van der Waals surface area contributed by atoms with Crippen molar-refractivity contribution in [1.29, 1.82) is 0 Å². The minimum Gasteiger partial charge on any atom is -0.454 e. The molecule has 1 aromatic rings. The van der Waals surface area contributed by atoms with E-state index in [9.17, 15) is 4.79 Å². The molecule has 0 saturated heterocycles. The van der Waals surface area contributed by atoms with Crippen molar-refractivity contribution in [1.82, 2.24) is 10.6 Å². The lowest BCUT2D eigenvalue weighted by Crippen LogP contribution is -2.26. The molecule has 5 nitrogen and oxygen atoms in total. The number of amides is 1. The number of benzene rings is 1. The molecule has 0 aliphatic carbocycles. The van der Waals surface area contributed by atoms with E-state index in [-0.39, 0.29) is 12.7 Å². The summed E-state index contributed by atoms with van der Waals surface area (Å²) in [7, 11) is 1.82. The first kappa shape index (κ1) is 11.7. The van der Waals surface area contributed by atoms with Gasteiger partial charge in [-0.1, -0.05) is 12.1 Å². The summed E-state index contributed by atoms with van der Waals surface area (Å²) in [5, 5.41) is 5.78. The molecule has 1 aromatic carbocycles. The topological polar surface area (TPSA) is 59.6 Å². The molecule has 0 unspecified atom stereocenters. The molecule has 0 fully saturated rings. The summed E-state index contributed by atoms with van der Waals surface area (Å²) in [5.74, 6) is 1.50. The molecule has 1 heterocycles. The van der Waals surface area contributed by atoms with Gasteiger partial charge in [0.25, 0.3) is 0 Å². The average Bonchev–Trinajstić information content (AvgIpc) is 2.82. The van der Waals surface area contributed by atoms with Gasteiger partial charge in [-0.15, -0.1) is 0 Å². The van der Waals surface area contributed by atoms with Gasteiger partial charge in [-0.25, -0.2) is 0 Å². The number of fused-ring (bicyclic) bond motifs is 1. The maximum absolute atomic E-state index is 11.5. The minimum absolute atomic E-state index is 0.0240. The van der Waals surface area contributed by atoms with E-state index < -0.39 is 0 Å². The highest BCUT2D eigenvalue weighted by atomic mass is 16.7. The van der Waals surface area contributed by atoms with E-state index in [1.807, 2.05) is 25.2 Å². The molecular formula is C12H16N2O3. The third-order valence-corrected chi connectivity index (χ3v) is 2.56. The third kappa shape index (κ3) is 2.88. The maximum Gasteiger partial charge on any atom is 0.231 e. The molecule has 5 heteroatoms. The van der Waals surface area contributed by atoms with Crippen LogP contribution >= 0.6 is 0 Å². The molecule has 0 aromatic heterocycles. The van der Waals surface area contributed by atoms with Crippen LogP contribution in [0.15, 0.2) is 18.2 Å². The van der Waals surface area contributed by atoms with Crippen LogP contribution in [-0.4, -0.2) is 26.3 Å². The zero-order chi connectivity index (χ0) is 12.1. The van der Waals surface area contributed by atoms with E-state index in [1.54, 1.807) is 0 Å². The van der Waals surface area contributed by atoms with Gasteiger partial charge in [0.2, 0.25) is 12.7 Å². The highest BCUT2D eigenvalue weighted by Gasteiger charge is 2.17. The van der Waals surface area contributed by atoms with Crippen LogP contribution in [0, 0.1) is 0 Å². The Kier molecular flexibility index (Phi) is 3.82. The van der Waals surface area contributed by atoms with Gasteiger partial charge in [0, 0.05) is 25.1 Å². The number of carbonyl (C=O) groups excluding carboxylic acids is 1. The Morgan fingerprint density at radius 3 is 3.12 bits per heavy atom. The molecule has 0 saturated carbocycles. The fourth-order valence-corrected chi connectivity index (χ4v) is 1.65. The van der Waals surface area contributed by atoms with Crippen molar-refractivity contribution in [2.24, 2.45) is 0 Å². The second kappa shape index (κ2) is 5.54. The van der Waals surface area contributed by atoms with Crippen molar-refractivity contribution in [3.05, 3.63) is 23.8 Å². The Morgan fingerprint density at radius 1 is 1.41 bits per heavy atom. The van der Waals surface area contributed by atoms with E-state index >= 15 is 0 Å². The molecule has 1 amide bonds. The van der Waals surface area contributed by atoms with E-state index in [2.05, 4.69) is 10.6 Å². The molecule has 0 spiro atoms. The first-order chi connectivity index (χ1) is 8.31. The minimum atomic E-state index is 0.0240. The Balaban J connectivity index is 1.91. The molecule has 0 bridgehead atoms. The fourth-order valence-electron chi connectivity index (χ4n) is 1.65. The van der Waals surface area contributed by atoms with Crippen LogP contribution in [0.1, 0.15) is 12.0 Å². The summed E-state index contributed by atoms with van der Waals surface area (Å²) in [6.45, 7) is 1.40. The van der Waals surface area contributed by atoms with Gasteiger partial charge in [-0.2, -0.15) is 0 Å². The molecule has 0 radical (unpaired) electrons. The Labute approximate surface area is 100 Å². The quantitative estimate of drug-likeness (QED) is 0.787. The van der Waals surface area contributed by atoms with Gasteiger partial charge in [0.1, 0.15) is 0 Å². The van der Waals surface area contributed by atoms with Gasteiger partial charge < -0.3 is 20.1 Å². The standard InChI is InChI=1S/C12H16N2O3/c1-13-6-5-11(15)14-7-9-3-2-4-10-12(9)17-8-16-10/h2-4,13H,5-8H2,1H3,(H,14,15). The Hall–Kier alpha value is -1.75. The van der Waals surface area contributed by atoms with Gasteiger partial charge in [-0.05, 0) is 13.1 Å². The molecule has 0 atom stereocenters. The normalized spacial score (nSPS) is 12.5. The van der Waals surface area contributed by atoms with Crippen LogP contribution in [0.3, 0.4) is 0 Å². The summed E-state index contributed by atoms with van der Waals surface area (Å²) in [6, 6.07) is 5.67. The smallest absolute Gasteiger partial charge is 0.231 e. The van der Waals surface area contributed by atoms with E-state index in [4.69, 9.17) is 9.47 Å². The number of ether oxygens (including phenoxy) is 2. The highest BCUT2D eigenvalue weighted by molar-refractivity contribution is 5.76. The lowest BCUT2D eigenvalue weighted by Gasteiger charge is -2.07. The van der Waals surface area contributed by atoms with Crippen LogP contribution in [0.5, 0.6) is 11.5 Å². The number of carbonyl (C=O) groups is 1. The zero-order valence-corrected chi connectivity index (χ0v) is 9.79. The van der Waals surface area contributed by atoms with Crippen LogP contribution in [0.4, 0.5) is 0 Å². The maximum atomic E-state index is 11.5. The summed E-state index contributed by atoms with van der Waals surface area (Å²) >= 11 is 0. The van der Waals surface area contributed by atoms with Gasteiger partial charge in [0.15, 0.2) is 11.5 Å². The second-order valence-corrected chi connectivity index (χ2v) is 3.78. The van der Waals surface area contributed by atoms with Crippen LogP contribution in [-0.2, 0) is 11.3 Å². The first-order valence-corrected chi connectivity index (χ1v) is 5.60. The number of hydrogen-bond acceptors (Lipinski definition) is 4. The number of para-hydroxylation sites is 1. The Bertz CT molecular complexity index is 407. The van der Waals surface area contributed by atoms with E-state index in [0.717, 1.165) is 17.1 Å². The molecule has 92 valence electrons.